The Kier molecular flexibility index (Phi) is 3.31. The van der Waals surface area contributed by atoms with Crippen molar-refractivity contribution in [1.29, 1.82) is 0 Å². The minimum atomic E-state index is -0.335. The van der Waals surface area contributed by atoms with Gasteiger partial charge in [0.05, 0.1) is 12.4 Å². The van der Waals surface area contributed by atoms with E-state index in [9.17, 15) is 9.50 Å². The first-order chi connectivity index (χ1) is 9.22. The van der Waals surface area contributed by atoms with E-state index >= 15 is 0 Å². The number of likely N-dealkylation sites (tertiary alicyclic amines) is 1. The molecule has 1 fully saturated rings. The number of imidazole rings is 1. The molecule has 0 saturated carbocycles. The standard InChI is InChI=1S/C14H16FN3O/c15-11-3-1-10(2-4-11)14-5-13(19)8-18(14)7-12-6-16-9-17-12/h1-4,6,9,13-14,19H,5,7-8H2,(H,16,17). The van der Waals surface area contributed by atoms with Crippen molar-refractivity contribution in [3.8, 4) is 0 Å². The third-order valence-electron chi connectivity index (χ3n) is 3.56. The summed E-state index contributed by atoms with van der Waals surface area (Å²) in [6, 6.07) is 6.64. The lowest BCUT2D eigenvalue weighted by molar-refractivity contribution is 0.172. The number of hydrogen-bond acceptors (Lipinski definition) is 3. The van der Waals surface area contributed by atoms with Crippen molar-refractivity contribution >= 4 is 0 Å². The SMILES string of the molecule is OC1CC(c2ccc(F)cc2)N(Cc2cnc[nH]2)C1. The van der Waals surface area contributed by atoms with Crippen LogP contribution in [0.1, 0.15) is 23.7 Å². The molecule has 0 bridgehead atoms. The number of aromatic amines is 1. The molecule has 0 amide bonds. The third-order valence-corrected chi connectivity index (χ3v) is 3.56. The molecule has 1 aliphatic heterocycles. The van der Waals surface area contributed by atoms with Gasteiger partial charge in [0.2, 0.25) is 0 Å². The molecule has 5 heteroatoms. The number of hydrogen-bond donors (Lipinski definition) is 2. The van der Waals surface area contributed by atoms with Gasteiger partial charge in [0, 0.05) is 31.0 Å². The molecule has 2 unspecified atom stereocenters. The first-order valence-corrected chi connectivity index (χ1v) is 6.37. The minimum Gasteiger partial charge on any atom is -0.392 e. The zero-order valence-electron chi connectivity index (χ0n) is 10.5. The molecular weight excluding hydrogens is 245 g/mol. The van der Waals surface area contributed by atoms with Crippen molar-refractivity contribution in [2.75, 3.05) is 6.54 Å². The summed E-state index contributed by atoms with van der Waals surface area (Å²) in [5, 5.41) is 9.87. The maximum atomic E-state index is 13.0. The predicted octanol–water partition coefficient (Wildman–Crippen LogP) is 1.86. The highest BCUT2D eigenvalue weighted by Crippen LogP contribution is 2.33. The fourth-order valence-electron chi connectivity index (χ4n) is 2.68. The monoisotopic (exact) mass is 261 g/mol. The van der Waals surface area contributed by atoms with Gasteiger partial charge in [0.1, 0.15) is 5.82 Å². The van der Waals surface area contributed by atoms with Crippen molar-refractivity contribution in [2.45, 2.75) is 25.1 Å². The fourth-order valence-corrected chi connectivity index (χ4v) is 2.68. The molecule has 0 radical (unpaired) electrons. The lowest BCUT2D eigenvalue weighted by atomic mass is 10.0. The van der Waals surface area contributed by atoms with E-state index in [1.807, 2.05) is 0 Å². The van der Waals surface area contributed by atoms with Crippen LogP contribution in [0.4, 0.5) is 4.39 Å². The Hall–Kier alpha value is -1.72. The number of H-pyrrole nitrogens is 1. The largest absolute Gasteiger partial charge is 0.392 e. The van der Waals surface area contributed by atoms with E-state index < -0.39 is 0 Å². The molecule has 100 valence electrons. The van der Waals surface area contributed by atoms with Crippen molar-refractivity contribution in [1.82, 2.24) is 14.9 Å². The van der Waals surface area contributed by atoms with Gasteiger partial charge >= 0.3 is 0 Å². The van der Waals surface area contributed by atoms with E-state index in [1.165, 1.54) is 12.1 Å². The smallest absolute Gasteiger partial charge is 0.123 e. The van der Waals surface area contributed by atoms with Crippen LogP contribution in [0.15, 0.2) is 36.8 Å². The molecular formula is C14H16FN3O. The third kappa shape index (κ3) is 2.67. The molecule has 2 heterocycles. The van der Waals surface area contributed by atoms with Gasteiger partial charge in [-0.25, -0.2) is 9.37 Å². The summed E-state index contributed by atoms with van der Waals surface area (Å²) in [5.74, 6) is -0.234. The number of β-amino-alcohol motifs (C(OH)–C–C–N with tert-alkyl or cyclic N) is 1. The van der Waals surface area contributed by atoms with Crippen LogP contribution < -0.4 is 0 Å². The normalized spacial score (nSPS) is 23.9. The van der Waals surface area contributed by atoms with Gasteiger partial charge < -0.3 is 10.1 Å². The number of aliphatic hydroxyl groups excluding tert-OH is 1. The van der Waals surface area contributed by atoms with Crippen molar-refractivity contribution in [3.63, 3.8) is 0 Å². The number of rotatable bonds is 3. The summed E-state index contributed by atoms with van der Waals surface area (Å²) in [4.78, 5) is 9.25. The van der Waals surface area contributed by atoms with Crippen molar-refractivity contribution in [3.05, 3.63) is 53.9 Å². The maximum absolute atomic E-state index is 13.0. The summed E-state index contributed by atoms with van der Waals surface area (Å²) >= 11 is 0. The molecule has 3 rings (SSSR count). The van der Waals surface area contributed by atoms with E-state index in [4.69, 9.17) is 0 Å². The lowest BCUT2D eigenvalue weighted by Crippen LogP contribution is -2.24. The molecule has 1 aliphatic rings. The van der Waals surface area contributed by atoms with Gasteiger partial charge in [0.25, 0.3) is 0 Å². The number of aromatic nitrogens is 2. The van der Waals surface area contributed by atoms with Gasteiger partial charge in [-0.05, 0) is 24.1 Å². The highest BCUT2D eigenvalue weighted by atomic mass is 19.1. The van der Waals surface area contributed by atoms with E-state index in [0.717, 1.165) is 11.3 Å². The Balaban J connectivity index is 1.80. The molecule has 1 aromatic carbocycles. The second-order valence-corrected chi connectivity index (χ2v) is 4.96. The molecule has 0 spiro atoms. The maximum Gasteiger partial charge on any atom is 0.123 e. The van der Waals surface area contributed by atoms with Crippen LogP contribution in [0.3, 0.4) is 0 Å². The highest BCUT2D eigenvalue weighted by molar-refractivity contribution is 5.21. The summed E-state index contributed by atoms with van der Waals surface area (Å²) in [6.07, 6.45) is 3.78. The summed E-state index contributed by atoms with van der Waals surface area (Å²) in [7, 11) is 0. The zero-order valence-corrected chi connectivity index (χ0v) is 10.5. The topological polar surface area (TPSA) is 52.1 Å². The summed E-state index contributed by atoms with van der Waals surface area (Å²) in [5.41, 5.74) is 2.05. The Labute approximate surface area is 110 Å². The lowest BCUT2D eigenvalue weighted by Gasteiger charge is -2.23. The van der Waals surface area contributed by atoms with Crippen LogP contribution in [0.5, 0.6) is 0 Å². The molecule has 4 nitrogen and oxygen atoms in total. The fraction of sp³-hybridized carbons (Fsp3) is 0.357. The first-order valence-electron chi connectivity index (χ1n) is 6.37. The van der Waals surface area contributed by atoms with Crippen LogP contribution in [0.2, 0.25) is 0 Å². The van der Waals surface area contributed by atoms with Crippen molar-refractivity contribution in [2.24, 2.45) is 0 Å². The van der Waals surface area contributed by atoms with E-state index in [0.29, 0.717) is 19.5 Å². The quantitative estimate of drug-likeness (QED) is 0.886. The van der Waals surface area contributed by atoms with E-state index in [1.54, 1.807) is 24.7 Å². The van der Waals surface area contributed by atoms with Gasteiger partial charge in [-0.1, -0.05) is 12.1 Å². The zero-order chi connectivity index (χ0) is 13.2. The Morgan fingerprint density at radius 2 is 2.16 bits per heavy atom. The highest BCUT2D eigenvalue weighted by Gasteiger charge is 2.32. The molecule has 2 aromatic rings. The van der Waals surface area contributed by atoms with E-state index in [2.05, 4.69) is 14.9 Å². The molecule has 1 aromatic heterocycles. The molecule has 1 saturated heterocycles. The Bertz CT molecular complexity index is 526. The van der Waals surface area contributed by atoms with Gasteiger partial charge in [-0.15, -0.1) is 0 Å². The van der Waals surface area contributed by atoms with Crippen LogP contribution in [0, 0.1) is 5.82 Å². The molecule has 0 aliphatic carbocycles. The van der Waals surface area contributed by atoms with Crippen molar-refractivity contribution < 1.29 is 9.50 Å². The second-order valence-electron chi connectivity index (χ2n) is 4.96. The second kappa shape index (κ2) is 5.11. The van der Waals surface area contributed by atoms with Gasteiger partial charge in [0.15, 0.2) is 0 Å². The van der Waals surface area contributed by atoms with Crippen LogP contribution in [-0.2, 0) is 6.54 Å². The van der Waals surface area contributed by atoms with Gasteiger partial charge in [-0.2, -0.15) is 0 Å². The van der Waals surface area contributed by atoms with Crippen LogP contribution in [0.25, 0.3) is 0 Å². The molecule has 19 heavy (non-hydrogen) atoms. The number of benzene rings is 1. The minimum absolute atomic E-state index is 0.124. The van der Waals surface area contributed by atoms with Crippen LogP contribution in [-0.4, -0.2) is 32.6 Å². The van der Waals surface area contributed by atoms with E-state index in [-0.39, 0.29) is 18.0 Å². The number of nitrogens with one attached hydrogen (secondary N) is 1. The predicted molar refractivity (Wildman–Crippen MR) is 68.8 cm³/mol. The summed E-state index contributed by atoms with van der Waals surface area (Å²) < 4.78 is 13.0. The Morgan fingerprint density at radius 3 is 2.84 bits per heavy atom. The first kappa shape index (κ1) is 12.3. The molecule has 2 N–H and O–H groups in total. The number of nitrogens with zero attached hydrogens (tertiary/aromatic N) is 2. The Morgan fingerprint density at radius 1 is 1.37 bits per heavy atom. The number of aliphatic hydroxyl groups is 1. The van der Waals surface area contributed by atoms with Crippen LogP contribution >= 0.6 is 0 Å². The molecule has 2 atom stereocenters. The number of halogens is 1. The average Bonchev–Trinajstić information content (AvgIpc) is 3.01. The summed E-state index contributed by atoms with van der Waals surface area (Å²) in [6.45, 7) is 1.33. The van der Waals surface area contributed by atoms with Gasteiger partial charge in [-0.3, -0.25) is 4.90 Å². The average molecular weight is 261 g/mol.